The van der Waals surface area contributed by atoms with Crippen LogP contribution in [-0.4, -0.2) is 17.2 Å². The largest absolute Gasteiger partial charge is 0.496 e. The third kappa shape index (κ3) is 3.72. The number of hydrogen-bond donors (Lipinski definition) is 1. The van der Waals surface area contributed by atoms with Crippen molar-refractivity contribution in [2.75, 3.05) is 7.11 Å². The van der Waals surface area contributed by atoms with E-state index in [9.17, 15) is 18.3 Å². The van der Waals surface area contributed by atoms with Gasteiger partial charge in [0.25, 0.3) is 0 Å². The standard InChI is InChI=1S/C15H14F3NO2/c1-21-14-5-3-2-4-10(14)8-13(20)12-7-6-11(9-19-12)15(16,17)18/h2-7,9,13,20H,8H2,1H3. The fraction of sp³-hybridized carbons (Fsp3) is 0.267. The number of aromatic nitrogens is 1. The Bertz CT molecular complexity index is 597. The molecule has 2 rings (SSSR count). The van der Waals surface area contributed by atoms with Gasteiger partial charge in [-0.1, -0.05) is 18.2 Å². The van der Waals surface area contributed by atoms with E-state index in [1.807, 2.05) is 0 Å². The van der Waals surface area contributed by atoms with Crippen LogP contribution in [0, 0.1) is 0 Å². The minimum Gasteiger partial charge on any atom is -0.496 e. The maximum absolute atomic E-state index is 12.4. The third-order valence-corrected chi connectivity index (χ3v) is 3.06. The van der Waals surface area contributed by atoms with Crippen molar-refractivity contribution < 1.29 is 23.0 Å². The zero-order chi connectivity index (χ0) is 15.5. The molecule has 0 aliphatic rings. The highest BCUT2D eigenvalue weighted by Crippen LogP contribution is 2.30. The third-order valence-electron chi connectivity index (χ3n) is 3.06. The van der Waals surface area contributed by atoms with Crippen LogP contribution in [0.25, 0.3) is 0 Å². The topological polar surface area (TPSA) is 42.4 Å². The maximum atomic E-state index is 12.4. The number of aliphatic hydroxyl groups is 1. The minimum atomic E-state index is -4.43. The van der Waals surface area contributed by atoms with Crippen molar-refractivity contribution >= 4 is 0 Å². The van der Waals surface area contributed by atoms with Gasteiger partial charge in [-0.15, -0.1) is 0 Å². The number of aliphatic hydroxyl groups excluding tert-OH is 1. The van der Waals surface area contributed by atoms with E-state index >= 15 is 0 Å². The Morgan fingerprint density at radius 3 is 2.48 bits per heavy atom. The molecule has 1 aromatic heterocycles. The van der Waals surface area contributed by atoms with Crippen LogP contribution in [0.2, 0.25) is 0 Å². The Kier molecular flexibility index (Phi) is 4.47. The number of benzene rings is 1. The van der Waals surface area contributed by atoms with Crippen LogP contribution in [-0.2, 0) is 12.6 Å². The molecule has 0 aliphatic heterocycles. The van der Waals surface area contributed by atoms with Crippen molar-refractivity contribution in [3.63, 3.8) is 0 Å². The van der Waals surface area contributed by atoms with Crippen LogP contribution >= 0.6 is 0 Å². The first kappa shape index (κ1) is 15.3. The summed E-state index contributed by atoms with van der Waals surface area (Å²) in [5.41, 5.74) is 0.110. The second kappa shape index (κ2) is 6.13. The summed E-state index contributed by atoms with van der Waals surface area (Å²) < 4.78 is 42.5. The zero-order valence-corrected chi connectivity index (χ0v) is 11.3. The number of methoxy groups -OCH3 is 1. The summed E-state index contributed by atoms with van der Waals surface area (Å²) >= 11 is 0. The van der Waals surface area contributed by atoms with E-state index in [-0.39, 0.29) is 12.1 Å². The number of hydrogen-bond acceptors (Lipinski definition) is 3. The fourth-order valence-corrected chi connectivity index (χ4v) is 1.95. The van der Waals surface area contributed by atoms with Gasteiger partial charge in [-0.3, -0.25) is 4.98 Å². The zero-order valence-electron chi connectivity index (χ0n) is 11.3. The first-order chi connectivity index (χ1) is 9.91. The summed E-state index contributed by atoms with van der Waals surface area (Å²) in [6.45, 7) is 0. The highest BCUT2D eigenvalue weighted by atomic mass is 19.4. The van der Waals surface area contributed by atoms with E-state index in [0.717, 1.165) is 17.8 Å². The number of nitrogens with zero attached hydrogens (tertiary/aromatic N) is 1. The van der Waals surface area contributed by atoms with Crippen LogP contribution in [0.15, 0.2) is 42.6 Å². The maximum Gasteiger partial charge on any atom is 0.417 e. The van der Waals surface area contributed by atoms with Crippen LogP contribution in [0.4, 0.5) is 13.2 Å². The summed E-state index contributed by atoms with van der Waals surface area (Å²) in [4.78, 5) is 3.69. The molecule has 0 saturated heterocycles. The summed E-state index contributed by atoms with van der Waals surface area (Å²) in [5.74, 6) is 0.614. The summed E-state index contributed by atoms with van der Waals surface area (Å²) in [6.07, 6.45) is -4.49. The molecular formula is C15H14F3NO2. The Morgan fingerprint density at radius 2 is 1.90 bits per heavy atom. The van der Waals surface area contributed by atoms with Crippen LogP contribution < -0.4 is 4.74 Å². The molecule has 1 atom stereocenters. The quantitative estimate of drug-likeness (QED) is 0.940. The number of pyridine rings is 1. The van der Waals surface area contributed by atoms with Crippen LogP contribution in [0.5, 0.6) is 5.75 Å². The summed E-state index contributed by atoms with van der Waals surface area (Å²) in [7, 11) is 1.52. The van der Waals surface area contributed by atoms with Gasteiger partial charge in [0.15, 0.2) is 0 Å². The Balaban J connectivity index is 2.15. The Hall–Kier alpha value is -2.08. The van der Waals surface area contributed by atoms with Crippen molar-refractivity contribution in [3.05, 3.63) is 59.4 Å². The number of alkyl halides is 3. The molecule has 21 heavy (non-hydrogen) atoms. The lowest BCUT2D eigenvalue weighted by Crippen LogP contribution is -2.09. The summed E-state index contributed by atoms with van der Waals surface area (Å²) in [6, 6.07) is 9.22. The van der Waals surface area contributed by atoms with Crippen LogP contribution in [0.3, 0.4) is 0 Å². The normalized spacial score (nSPS) is 13.0. The molecule has 1 N–H and O–H groups in total. The van der Waals surface area contributed by atoms with Gasteiger partial charge >= 0.3 is 6.18 Å². The van der Waals surface area contributed by atoms with Crippen molar-refractivity contribution in [2.24, 2.45) is 0 Å². The van der Waals surface area contributed by atoms with E-state index in [4.69, 9.17) is 4.74 Å². The average Bonchev–Trinajstić information content (AvgIpc) is 2.47. The lowest BCUT2D eigenvalue weighted by Gasteiger charge is -2.14. The SMILES string of the molecule is COc1ccccc1CC(O)c1ccc(C(F)(F)F)cn1. The average molecular weight is 297 g/mol. The van der Waals surface area contributed by atoms with Gasteiger partial charge in [0.2, 0.25) is 0 Å². The Morgan fingerprint density at radius 1 is 1.19 bits per heavy atom. The smallest absolute Gasteiger partial charge is 0.417 e. The van der Waals surface area contributed by atoms with Crippen molar-refractivity contribution in [3.8, 4) is 5.75 Å². The molecule has 0 radical (unpaired) electrons. The van der Waals surface area contributed by atoms with Gasteiger partial charge in [-0.05, 0) is 23.8 Å². The fourth-order valence-electron chi connectivity index (χ4n) is 1.95. The van der Waals surface area contributed by atoms with Crippen LogP contribution in [0.1, 0.15) is 22.9 Å². The second-order valence-corrected chi connectivity index (χ2v) is 4.50. The molecule has 6 heteroatoms. The van der Waals surface area contributed by atoms with E-state index in [1.54, 1.807) is 24.3 Å². The van der Waals surface area contributed by atoms with Crippen molar-refractivity contribution in [1.29, 1.82) is 0 Å². The minimum absolute atomic E-state index is 0.189. The molecular weight excluding hydrogens is 283 g/mol. The van der Waals surface area contributed by atoms with E-state index in [2.05, 4.69) is 4.98 Å². The van der Waals surface area contributed by atoms with Gasteiger partial charge < -0.3 is 9.84 Å². The van der Waals surface area contributed by atoms with Crippen molar-refractivity contribution in [1.82, 2.24) is 4.98 Å². The lowest BCUT2D eigenvalue weighted by atomic mass is 10.0. The molecule has 0 spiro atoms. The predicted molar refractivity (Wildman–Crippen MR) is 70.9 cm³/mol. The molecule has 0 bridgehead atoms. The van der Waals surface area contributed by atoms with E-state index in [0.29, 0.717) is 5.75 Å². The first-order valence-electron chi connectivity index (χ1n) is 6.25. The second-order valence-electron chi connectivity index (χ2n) is 4.50. The number of rotatable bonds is 4. The van der Waals surface area contributed by atoms with E-state index < -0.39 is 17.8 Å². The number of para-hydroxylation sites is 1. The highest BCUT2D eigenvalue weighted by Gasteiger charge is 2.30. The lowest BCUT2D eigenvalue weighted by molar-refractivity contribution is -0.137. The molecule has 0 amide bonds. The van der Waals surface area contributed by atoms with Gasteiger partial charge in [-0.25, -0.2) is 0 Å². The molecule has 1 unspecified atom stereocenters. The molecule has 2 aromatic rings. The molecule has 1 heterocycles. The Labute approximate surface area is 120 Å². The number of ether oxygens (including phenoxy) is 1. The van der Waals surface area contributed by atoms with E-state index in [1.165, 1.54) is 13.2 Å². The van der Waals surface area contributed by atoms with Crippen molar-refractivity contribution in [2.45, 2.75) is 18.7 Å². The molecule has 3 nitrogen and oxygen atoms in total. The summed E-state index contributed by atoms with van der Waals surface area (Å²) in [5, 5.41) is 10.1. The highest BCUT2D eigenvalue weighted by molar-refractivity contribution is 5.34. The molecule has 0 aliphatic carbocycles. The van der Waals surface area contributed by atoms with Gasteiger partial charge in [0, 0.05) is 12.6 Å². The molecule has 0 fully saturated rings. The predicted octanol–water partition coefficient (Wildman–Crippen LogP) is 3.39. The monoisotopic (exact) mass is 297 g/mol. The molecule has 112 valence electrons. The first-order valence-corrected chi connectivity index (χ1v) is 6.25. The van der Waals surface area contributed by atoms with Gasteiger partial charge in [0.1, 0.15) is 11.9 Å². The number of halogens is 3. The molecule has 0 saturated carbocycles. The van der Waals surface area contributed by atoms with Gasteiger partial charge in [-0.2, -0.15) is 13.2 Å². The van der Waals surface area contributed by atoms with Gasteiger partial charge in [0.05, 0.1) is 18.4 Å². The molecule has 1 aromatic carbocycles.